The predicted molar refractivity (Wildman–Crippen MR) is 60.1 cm³/mol. The lowest BCUT2D eigenvalue weighted by molar-refractivity contribution is 0.630. The molecule has 0 saturated heterocycles. The van der Waals surface area contributed by atoms with Crippen LogP contribution < -0.4 is 0 Å². The van der Waals surface area contributed by atoms with Crippen molar-refractivity contribution in [3.8, 4) is 11.3 Å². The van der Waals surface area contributed by atoms with E-state index in [1.807, 2.05) is 26.8 Å². The fourth-order valence-corrected chi connectivity index (χ4v) is 1.22. The molecule has 0 aliphatic rings. The summed E-state index contributed by atoms with van der Waals surface area (Å²) in [6.45, 7) is 5.89. The van der Waals surface area contributed by atoms with E-state index in [4.69, 9.17) is 0 Å². The van der Waals surface area contributed by atoms with Gasteiger partial charge in [0.15, 0.2) is 0 Å². The number of nitrogens with one attached hydrogen (secondary N) is 1. The molecule has 2 aromatic rings. The Kier molecular flexibility index (Phi) is 4.03. The van der Waals surface area contributed by atoms with Gasteiger partial charge in [-0.1, -0.05) is 26.0 Å². The van der Waals surface area contributed by atoms with Crippen molar-refractivity contribution in [2.24, 2.45) is 0 Å². The molecule has 0 aliphatic carbocycles. The standard InChI is InChI=1S/C10H9FN2.C2H6/c1-7-6-10(13-12-7)8-4-2-3-5-9(8)11;1-2/h2-6H,1H3,(H,12,13);1-2H3. The molecule has 2 nitrogen and oxygen atoms in total. The summed E-state index contributed by atoms with van der Waals surface area (Å²) in [5.41, 5.74) is 2.11. The zero-order chi connectivity index (χ0) is 11.3. The van der Waals surface area contributed by atoms with Crippen molar-refractivity contribution in [3.63, 3.8) is 0 Å². The van der Waals surface area contributed by atoms with Crippen LogP contribution in [0.3, 0.4) is 0 Å². The van der Waals surface area contributed by atoms with E-state index >= 15 is 0 Å². The maximum atomic E-state index is 13.2. The Labute approximate surface area is 89.2 Å². The first kappa shape index (κ1) is 11.4. The molecule has 1 aromatic carbocycles. The first-order chi connectivity index (χ1) is 7.27. The van der Waals surface area contributed by atoms with Crippen LogP contribution in [-0.4, -0.2) is 10.2 Å². The van der Waals surface area contributed by atoms with E-state index in [2.05, 4.69) is 10.2 Å². The van der Waals surface area contributed by atoms with Crippen LogP contribution in [0.2, 0.25) is 0 Å². The number of H-pyrrole nitrogens is 1. The lowest BCUT2D eigenvalue weighted by atomic mass is 10.1. The Balaban J connectivity index is 0.000000531. The molecular weight excluding hydrogens is 191 g/mol. The van der Waals surface area contributed by atoms with Gasteiger partial charge in [-0.25, -0.2) is 4.39 Å². The van der Waals surface area contributed by atoms with Crippen molar-refractivity contribution in [2.75, 3.05) is 0 Å². The van der Waals surface area contributed by atoms with Crippen LogP contribution in [0.1, 0.15) is 19.5 Å². The van der Waals surface area contributed by atoms with Gasteiger partial charge in [-0.15, -0.1) is 0 Å². The average Bonchev–Trinajstić information content (AvgIpc) is 2.68. The minimum absolute atomic E-state index is 0.242. The molecule has 0 atom stereocenters. The molecule has 1 N–H and O–H groups in total. The summed E-state index contributed by atoms with van der Waals surface area (Å²) in [6.07, 6.45) is 0. The van der Waals surface area contributed by atoms with Crippen LogP contribution in [0, 0.1) is 12.7 Å². The number of rotatable bonds is 1. The van der Waals surface area contributed by atoms with E-state index in [9.17, 15) is 4.39 Å². The second-order valence-electron chi connectivity index (χ2n) is 2.92. The van der Waals surface area contributed by atoms with E-state index in [1.165, 1.54) is 6.07 Å². The van der Waals surface area contributed by atoms with Crippen molar-refractivity contribution in [1.82, 2.24) is 10.2 Å². The summed E-state index contributed by atoms with van der Waals surface area (Å²) in [4.78, 5) is 0. The molecule has 0 bridgehead atoms. The molecule has 0 aliphatic heterocycles. The molecule has 80 valence electrons. The van der Waals surface area contributed by atoms with Crippen molar-refractivity contribution < 1.29 is 4.39 Å². The molecule has 0 fully saturated rings. The third-order valence-electron chi connectivity index (χ3n) is 1.86. The van der Waals surface area contributed by atoms with Gasteiger partial charge in [0, 0.05) is 11.3 Å². The molecule has 2 rings (SSSR count). The predicted octanol–water partition coefficient (Wildman–Crippen LogP) is 3.55. The molecule has 15 heavy (non-hydrogen) atoms. The zero-order valence-electron chi connectivity index (χ0n) is 9.21. The van der Waals surface area contributed by atoms with E-state index in [0.29, 0.717) is 11.3 Å². The Hall–Kier alpha value is -1.64. The lowest BCUT2D eigenvalue weighted by Gasteiger charge is -1.96. The van der Waals surface area contributed by atoms with Gasteiger partial charge in [-0.2, -0.15) is 5.10 Å². The van der Waals surface area contributed by atoms with Gasteiger partial charge < -0.3 is 0 Å². The van der Waals surface area contributed by atoms with Crippen LogP contribution >= 0.6 is 0 Å². The first-order valence-corrected chi connectivity index (χ1v) is 5.04. The molecule has 0 radical (unpaired) electrons. The van der Waals surface area contributed by atoms with Gasteiger partial charge in [-0.3, -0.25) is 5.10 Å². The first-order valence-electron chi connectivity index (χ1n) is 5.04. The molecule has 0 saturated carbocycles. The highest BCUT2D eigenvalue weighted by Gasteiger charge is 2.05. The number of aromatic amines is 1. The van der Waals surface area contributed by atoms with Gasteiger partial charge in [0.25, 0.3) is 0 Å². The maximum Gasteiger partial charge on any atom is 0.132 e. The summed E-state index contributed by atoms with van der Waals surface area (Å²) in [5, 5.41) is 6.76. The van der Waals surface area contributed by atoms with Crippen molar-refractivity contribution in [2.45, 2.75) is 20.8 Å². The third kappa shape index (κ3) is 2.65. The fraction of sp³-hybridized carbons (Fsp3) is 0.250. The Bertz CT molecular complexity index is 421. The number of aromatic nitrogens is 2. The van der Waals surface area contributed by atoms with E-state index in [1.54, 1.807) is 18.2 Å². The minimum atomic E-state index is -0.242. The fourth-order valence-electron chi connectivity index (χ4n) is 1.22. The number of nitrogens with zero attached hydrogens (tertiary/aromatic N) is 1. The van der Waals surface area contributed by atoms with Gasteiger partial charge >= 0.3 is 0 Å². The van der Waals surface area contributed by atoms with Crippen LogP contribution in [0.15, 0.2) is 30.3 Å². The second-order valence-corrected chi connectivity index (χ2v) is 2.92. The molecule has 3 heteroatoms. The number of halogens is 1. The molecule has 1 aromatic heterocycles. The van der Waals surface area contributed by atoms with E-state index < -0.39 is 0 Å². The largest absolute Gasteiger partial charge is 0.282 e. The maximum absolute atomic E-state index is 13.2. The Morgan fingerprint density at radius 2 is 1.87 bits per heavy atom. The number of benzene rings is 1. The summed E-state index contributed by atoms with van der Waals surface area (Å²) in [6, 6.07) is 8.42. The van der Waals surface area contributed by atoms with Crippen molar-refractivity contribution >= 4 is 0 Å². The summed E-state index contributed by atoms with van der Waals surface area (Å²) in [7, 11) is 0. The highest BCUT2D eigenvalue weighted by Crippen LogP contribution is 2.20. The molecular formula is C12H15FN2. The summed E-state index contributed by atoms with van der Waals surface area (Å²) < 4.78 is 13.2. The summed E-state index contributed by atoms with van der Waals surface area (Å²) >= 11 is 0. The number of aryl methyl sites for hydroxylation is 1. The molecule has 0 spiro atoms. The third-order valence-corrected chi connectivity index (χ3v) is 1.86. The highest BCUT2D eigenvalue weighted by molar-refractivity contribution is 5.59. The van der Waals surface area contributed by atoms with Crippen LogP contribution in [0.4, 0.5) is 4.39 Å². The van der Waals surface area contributed by atoms with Crippen LogP contribution in [-0.2, 0) is 0 Å². The van der Waals surface area contributed by atoms with Crippen molar-refractivity contribution in [1.29, 1.82) is 0 Å². The van der Waals surface area contributed by atoms with Crippen LogP contribution in [0.5, 0.6) is 0 Å². The topological polar surface area (TPSA) is 28.7 Å². The van der Waals surface area contributed by atoms with Crippen LogP contribution in [0.25, 0.3) is 11.3 Å². The monoisotopic (exact) mass is 206 g/mol. The van der Waals surface area contributed by atoms with Gasteiger partial charge in [0.05, 0.1) is 5.69 Å². The highest BCUT2D eigenvalue weighted by atomic mass is 19.1. The molecule has 0 unspecified atom stereocenters. The second kappa shape index (κ2) is 5.29. The normalized spacial score (nSPS) is 9.33. The van der Waals surface area contributed by atoms with E-state index in [0.717, 1.165) is 5.69 Å². The molecule has 1 heterocycles. The van der Waals surface area contributed by atoms with Crippen molar-refractivity contribution in [3.05, 3.63) is 41.8 Å². The minimum Gasteiger partial charge on any atom is -0.282 e. The molecule has 0 amide bonds. The average molecular weight is 206 g/mol. The zero-order valence-corrected chi connectivity index (χ0v) is 9.21. The van der Waals surface area contributed by atoms with E-state index in [-0.39, 0.29) is 5.82 Å². The Morgan fingerprint density at radius 3 is 2.40 bits per heavy atom. The van der Waals surface area contributed by atoms with Gasteiger partial charge in [0.2, 0.25) is 0 Å². The smallest absolute Gasteiger partial charge is 0.132 e. The number of hydrogen-bond donors (Lipinski definition) is 1. The lowest BCUT2D eigenvalue weighted by Crippen LogP contribution is -1.82. The summed E-state index contributed by atoms with van der Waals surface area (Å²) in [5.74, 6) is -0.242. The Morgan fingerprint density at radius 1 is 1.20 bits per heavy atom. The van der Waals surface area contributed by atoms with Gasteiger partial charge in [0.1, 0.15) is 5.82 Å². The SMILES string of the molecule is CC.Cc1cc(-c2ccccc2F)n[nH]1. The number of hydrogen-bond acceptors (Lipinski definition) is 1. The van der Waals surface area contributed by atoms with Gasteiger partial charge in [-0.05, 0) is 25.1 Å². The quantitative estimate of drug-likeness (QED) is 0.759.